The number of carbonyl (C=O) groups excluding carboxylic acids is 1. The summed E-state index contributed by atoms with van der Waals surface area (Å²) in [5.74, 6) is -0.497. The van der Waals surface area contributed by atoms with Gasteiger partial charge in [-0.2, -0.15) is 5.26 Å². The van der Waals surface area contributed by atoms with Gasteiger partial charge >= 0.3 is 5.97 Å². The first-order valence-corrected chi connectivity index (χ1v) is 11.3. The Bertz CT molecular complexity index is 1090. The minimum absolute atomic E-state index is 0.0487. The number of benzene rings is 2. The quantitative estimate of drug-likeness (QED) is 0.403. The number of nitrogens with one attached hydrogen (secondary N) is 2. The van der Waals surface area contributed by atoms with Crippen LogP contribution in [-0.2, 0) is 19.6 Å². The van der Waals surface area contributed by atoms with Crippen molar-refractivity contribution in [3.8, 4) is 6.07 Å². The van der Waals surface area contributed by atoms with Crippen molar-refractivity contribution in [2.24, 2.45) is 0 Å². The molecule has 2 aromatic rings. The second-order valence-electron chi connectivity index (χ2n) is 7.83. The summed E-state index contributed by atoms with van der Waals surface area (Å²) in [5, 5.41) is 12.3. The first-order chi connectivity index (χ1) is 14.4. The van der Waals surface area contributed by atoms with E-state index in [0.29, 0.717) is 11.3 Å². The Balaban J connectivity index is 2.21. The summed E-state index contributed by atoms with van der Waals surface area (Å²) >= 11 is 6.07. The van der Waals surface area contributed by atoms with E-state index in [2.05, 4.69) is 10.0 Å². The highest BCUT2D eigenvalue weighted by Gasteiger charge is 2.24. The number of nitrogen functional groups attached to an aromatic ring is 1. The maximum absolute atomic E-state index is 12.7. The summed E-state index contributed by atoms with van der Waals surface area (Å²) in [6.07, 6.45) is -0.109. The van der Waals surface area contributed by atoms with Gasteiger partial charge in [0.2, 0.25) is 10.0 Å². The zero-order chi connectivity index (χ0) is 23.2. The minimum atomic E-state index is -3.90. The summed E-state index contributed by atoms with van der Waals surface area (Å²) in [5.41, 5.74) is 6.04. The molecule has 31 heavy (non-hydrogen) atoms. The summed E-state index contributed by atoms with van der Waals surface area (Å²) < 4.78 is 33.2. The molecule has 10 heteroatoms. The zero-order valence-corrected chi connectivity index (χ0v) is 19.0. The van der Waals surface area contributed by atoms with Crippen LogP contribution in [0.4, 0.5) is 11.4 Å². The van der Waals surface area contributed by atoms with Gasteiger partial charge in [-0.05, 0) is 51.1 Å². The van der Waals surface area contributed by atoms with Crippen molar-refractivity contribution >= 4 is 39.0 Å². The summed E-state index contributed by atoms with van der Waals surface area (Å²) in [6, 6.07) is 12.1. The lowest BCUT2D eigenvalue weighted by atomic mass is 10.1. The number of rotatable bonds is 8. The third-order valence-electron chi connectivity index (χ3n) is 4.02. The standard InChI is InChI=1S/C21H25ClN4O4S/c1-21(2,3)30-20(27)11-16(26-15-9-8-14(12-23)17(22)10-15)13-25-31(28,29)19-7-5-4-6-18(19)24/h4-10,16,25-26H,11,13,24H2,1-3H3/t16-/m0/s1. The highest BCUT2D eigenvalue weighted by molar-refractivity contribution is 7.89. The number of nitriles is 1. The molecule has 0 spiro atoms. The number of nitrogens with two attached hydrogens (primary N) is 1. The van der Waals surface area contributed by atoms with E-state index in [-0.39, 0.29) is 28.6 Å². The van der Waals surface area contributed by atoms with Gasteiger partial charge in [0.05, 0.1) is 28.7 Å². The van der Waals surface area contributed by atoms with Crippen molar-refractivity contribution in [1.29, 1.82) is 5.26 Å². The molecule has 0 aliphatic carbocycles. The third-order valence-corrected chi connectivity index (χ3v) is 5.83. The van der Waals surface area contributed by atoms with Crippen LogP contribution in [0.2, 0.25) is 5.02 Å². The third kappa shape index (κ3) is 7.43. The molecule has 0 aliphatic heterocycles. The molecule has 0 radical (unpaired) electrons. The highest BCUT2D eigenvalue weighted by atomic mass is 35.5. The SMILES string of the molecule is CC(C)(C)OC(=O)C[C@@H](CNS(=O)(=O)c1ccccc1N)Nc1ccc(C#N)c(Cl)c1. The van der Waals surface area contributed by atoms with Crippen molar-refractivity contribution in [1.82, 2.24) is 4.72 Å². The second-order valence-corrected chi connectivity index (χ2v) is 9.97. The zero-order valence-electron chi connectivity index (χ0n) is 17.5. The number of hydrogen-bond donors (Lipinski definition) is 3. The van der Waals surface area contributed by atoms with E-state index in [1.165, 1.54) is 24.3 Å². The summed E-state index contributed by atoms with van der Waals surface area (Å²) in [6.45, 7) is 5.12. The Hall–Kier alpha value is -2.80. The van der Waals surface area contributed by atoms with Gasteiger partial charge in [0.15, 0.2) is 0 Å². The van der Waals surface area contributed by atoms with Crippen LogP contribution >= 0.6 is 11.6 Å². The van der Waals surface area contributed by atoms with Crippen LogP contribution < -0.4 is 15.8 Å². The van der Waals surface area contributed by atoms with Gasteiger partial charge in [-0.25, -0.2) is 13.1 Å². The Labute approximate surface area is 187 Å². The second kappa shape index (κ2) is 10.0. The molecule has 2 aromatic carbocycles. The lowest BCUT2D eigenvalue weighted by Gasteiger charge is -2.24. The molecular formula is C21H25ClN4O4S. The average Bonchev–Trinajstić information content (AvgIpc) is 2.65. The van der Waals surface area contributed by atoms with Crippen molar-refractivity contribution in [2.75, 3.05) is 17.6 Å². The molecule has 0 bridgehead atoms. The average molecular weight is 465 g/mol. The molecule has 0 fully saturated rings. The molecule has 1 atom stereocenters. The van der Waals surface area contributed by atoms with Gasteiger partial charge in [-0.1, -0.05) is 23.7 Å². The molecule has 0 aliphatic rings. The highest BCUT2D eigenvalue weighted by Crippen LogP contribution is 2.22. The lowest BCUT2D eigenvalue weighted by molar-refractivity contribution is -0.155. The number of carbonyl (C=O) groups is 1. The molecule has 0 saturated carbocycles. The number of hydrogen-bond acceptors (Lipinski definition) is 7. The van der Waals surface area contributed by atoms with Crippen LogP contribution in [0.1, 0.15) is 32.8 Å². The van der Waals surface area contributed by atoms with Crippen LogP contribution in [0.3, 0.4) is 0 Å². The maximum Gasteiger partial charge on any atom is 0.308 e. The van der Waals surface area contributed by atoms with Crippen LogP contribution in [0.5, 0.6) is 0 Å². The fraction of sp³-hybridized carbons (Fsp3) is 0.333. The van der Waals surface area contributed by atoms with Crippen LogP contribution in [-0.4, -0.2) is 32.6 Å². The van der Waals surface area contributed by atoms with Crippen molar-refractivity contribution in [2.45, 2.75) is 43.7 Å². The number of para-hydroxylation sites is 1. The number of anilines is 2. The van der Waals surface area contributed by atoms with E-state index in [1.807, 2.05) is 6.07 Å². The van der Waals surface area contributed by atoms with E-state index in [9.17, 15) is 13.2 Å². The Morgan fingerprint density at radius 2 is 1.94 bits per heavy atom. The Kier molecular flexibility index (Phi) is 7.90. The molecule has 0 amide bonds. The molecule has 4 N–H and O–H groups in total. The number of halogens is 1. The molecule has 166 valence electrons. The van der Waals surface area contributed by atoms with Crippen molar-refractivity contribution in [3.63, 3.8) is 0 Å². The van der Waals surface area contributed by atoms with Gasteiger partial charge < -0.3 is 15.8 Å². The predicted octanol–water partition coefficient (Wildman–Crippen LogP) is 3.28. The predicted molar refractivity (Wildman–Crippen MR) is 120 cm³/mol. The van der Waals surface area contributed by atoms with Crippen LogP contribution in [0, 0.1) is 11.3 Å². The number of nitrogens with zero attached hydrogens (tertiary/aromatic N) is 1. The van der Waals surface area contributed by atoms with Gasteiger partial charge in [0.25, 0.3) is 0 Å². The Morgan fingerprint density at radius 3 is 2.52 bits per heavy atom. The molecule has 0 heterocycles. The van der Waals surface area contributed by atoms with E-state index >= 15 is 0 Å². The topological polar surface area (TPSA) is 134 Å². The normalized spacial score (nSPS) is 12.6. The van der Waals surface area contributed by atoms with E-state index in [1.54, 1.807) is 39.0 Å². The van der Waals surface area contributed by atoms with Gasteiger partial charge in [0, 0.05) is 12.2 Å². The van der Waals surface area contributed by atoms with E-state index < -0.39 is 27.6 Å². The first kappa shape index (κ1) is 24.5. The molecule has 0 saturated heterocycles. The fourth-order valence-corrected chi connectivity index (χ4v) is 4.14. The van der Waals surface area contributed by atoms with E-state index in [4.69, 9.17) is 27.3 Å². The van der Waals surface area contributed by atoms with Gasteiger partial charge in [-0.15, -0.1) is 0 Å². The van der Waals surface area contributed by atoms with Gasteiger partial charge in [0.1, 0.15) is 16.6 Å². The molecular weight excluding hydrogens is 440 g/mol. The summed E-state index contributed by atoms with van der Waals surface area (Å²) in [7, 11) is -3.90. The monoisotopic (exact) mass is 464 g/mol. The fourth-order valence-electron chi connectivity index (χ4n) is 2.70. The number of ether oxygens (including phenoxy) is 1. The molecule has 0 aromatic heterocycles. The lowest BCUT2D eigenvalue weighted by Crippen LogP contribution is -2.39. The number of esters is 1. The largest absolute Gasteiger partial charge is 0.460 e. The first-order valence-electron chi connectivity index (χ1n) is 9.43. The van der Waals surface area contributed by atoms with E-state index in [0.717, 1.165) is 0 Å². The molecule has 8 nitrogen and oxygen atoms in total. The number of sulfonamides is 1. The molecule has 2 rings (SSSR count). The van der Waals surface area contributed by atoms with Crippen molar-refractivity contribution < 1.29 is 17.9 Å². The maximum atomic E-state index is 12.7. The van der Waals surface area contributed by atoms with Crippen LogP contribution in [0.25, 0.3) is 0 Å². The smallest absolute Gasteiger partial charge is 0.308 e. The van der Waals surface area contributed by atoms with Crippen molar-refractivity contribution in [3.05, 3.63) is 53.1 Å². The minimum Gasteiger partial charge on any atom is -0.460 e. The molecule has 0 unspecified atom stereocenters. The summed E-state index contributed by atoms with van der Waals surface area (Å²) in [4.78, 5) is 12.3. The van der Waals surface area contributed by atoms with Crippen LogP contribution in [0.15, 0.2) is 47.4 Å². The van der Waals surface area contributed by atoms with Gasteiger partial charge in [-0.3, -0.25) is 4.79 Å². The Morgan fingerprint density at radius 1 is 1.26 bits per heavy atom.